The van der Waals surface area contributed by atoms with Crippen LogP contribution in [0.1, 0.15) is 23.7 Å². The summed E-state index contributed by atoms with van der Waals surface area (Å²) in [5.41, 5.74) is 6.53. The Morgan fingerprint density at radius 2 is 1.97 bits per heavy atom. The second-order valence-corrected chi connectivity index (χ2v) is 7.08. The van der Waals surface area contributed by atoms with E-state index in [2.05, 4.69) is 26.0 Å². The number of benzene rings is 2. The molecule has 30 heavy (non-hydrogen) atoms. The molecule has 0 aliphatic rings. The number of nitrogens with two attached hydrogens (primary N) is 1. The standard InChI is InChI=1S/C21H20BrFN2O5/c1-2-25-15-11-16-14(10-17(15)28-9-3-8-22)18(20(26)30-21(24)27)19(29-16)12-4-6-13(23)7-5-12/h4-7,10-11,25H,2-3,8-9H2,1H3,(H2,24,27). The molecule has 1 aromatic heterocycles. The van der Waals surface area contributed by atoms with Gasteiger partial charge in [0, 0.05) is 28.9 Å². The molecule has 0 aliphatic carbocycles. The van der Waals surface area contributed by atoms with E-state index in [-0.39, 0.29) is 11.3 Å². The molecular weight excluding hydrogens is 459 g/mol. The van der Waals surface area contributed by atoms with Gasteiger partial charge in [0.25, 0.3) is 0 Å². The molecular formula is C21H20BrFN2O5. The van der Waals surface area contributed by atoms with Gasteiger partial charge in [0.15, 0.2) is 0 Å². The molecule has 2 aromatic carbocycles. The second-order valence-electron chi connectivity index (χ2n) is 6.29. The topological polar surface area (TPSA) is 104 Å². The third-order valence-corrected chi connectivity index (χ3v) is 4.76. The van der Waals surface area contributed by atoms with Gasteiger partial charge in [-0.2, -0.15) is 0 Å². The van der Waals surface area contributed by atoms with E-state index in [1.807, 2.05) is 6.92 Å². The maximum absolute atomic E-state index is 13.4. The number of primary amides is 1. The molecule has 1 amide bonds. The maximum atomic E-state index is 13.4. The van der Waals surface area contributed by atoms with Gasteiger partial charge in [0.2, 0.25) is 0 Å². The smallest absolute Gasteiger partial charge is 0.412 e. The fourth-order valence-corrected chi connectivity index (χ4v) is 3.19. The summed E-state index contributed by atoms with van der Waals surface area (Å²) in [5.74, 6) is -0.752. The van der Waals surface area contributed by atoms with Crippen LogP contribution in [0.15, 0.2) is 40.8 Å². The number of rotatable bonds is 8. The van der Waals surface area contributed by atoms with Crippen molar-refractivity contribution < 1.29 is 27.9 Å². The summed E-state index contributed by atoms with van der Waals surface area (Å²) in [5, 5.41) is 4.36. The van der Waals surface area contributed by atoms with Crippen molar-refractivity contribution in [2.45, 2.75) is 13.3 Å². The Hall–Kier alpha value is -3.07. The molecule has 3 rings (SSSR count). The lowest BCUT2D eigenvalue weighted by Crippen LogP contribution is -2.18. The number of ether oxygens (including phenoxy) is 2. The summed E-state index contributed by atoms with van der Waals surface area (Å²) in [7, 11) is 0. The van der Waals surface area contributed by atoms with E-state index in [0.717, 1.165) is 11.8 Å². The first-order valence-corrected chi connectivity index (χ1v) is 10.4. The van der Waals surface area contributed by atoms with Crippen molar-refractivity contribution >= 4 is 44.6 Å². The van der Waals surface area contributed by atoms with E-state index in [9.17, 15) is 14.0 Å². The number of carbonyl (C=O) groups excluding carboxylic acids is 2. The van der Waals surface area contributed by atoms with Crippen molar-refractivity contribution in [2.75, 3.05) is 23.8 Å². The molecule has 1 heterocycles. The highest BCUT2D eigenvalue weighted by Crippen LogP contribution is 2.39. The van der Waals surface area contributed by atoms with Gasteiger partial charge in [-0.15, -0.1) is 0 Å². The summed E-state index contributed by atoms with van der Waals surface area (Å²) < 4.78 is 29.7. The van der Waals surface area contributed by atoms with Crippen molar-refractivity contribution in [3.05, 3.63) is 47.8 Å². The van der Waals surface area contributed by atoms with Crippen LogP contribution < -0.4 is 15.8 Å². The molecule has 0 aliphatic heterocycles. The van der Waals surface area contributed by atoms with Crippen LogP contribution in [-0.4, -0.2) is 30.5 Å². The van der Waals surface area contributed by atoms with Gasteiger partial charge < -0.3 is 24.9 Å². The highest BCUT2D eigenvalue weighted by atomic mass is 79.9. The SMILES string of the molecule is CCNc1cc2oc(-c3ccc(F)cc3)c(C(=O)OC(N)=O)c2cc1OCCCBr. The number of hydrogen-bond donors (Lipinski definition) is 2. The fourth-order valence-electron chi connectivity index (χ4n) is 2.96. The van der Waals surface area contributed by atoms with Crippen LogP contribution in [0.3, 0.4) is 0 Å². The number of nitrogens with one attached hydrogen (secondary N) is 1. The van der Waals surface area contributed by atoms with Gasteiger partial charge in [-0.1, -0.05) is 15.9 Å². The first-order valence-electron chi connectivity index (χ1n) is 9.25. The number of furan rings is 1. The van der Waals surface area contributed by atoms with E-state index in [4.69, 9.17) is 14.9 Å². The van der Waals surface area contributed by atoms with Gasteiger partial charge in [0.05, 0.1) is 12.3 Å². The minimum absolute atomic E-state index is 0.00352. The molecule has 0 saturated carbocycles. The predicted octanol–water partition coefficient (Wildman–Crippen LogP) is 5.07. The Bertz CT molecular complexity index is 1070. The zero-order chi connectivity index (χ0) is 21.7. The quantitative estimate of drug-likeness (QED) is 0.202. The van der Waals surface area contributed by atoms with E-state index in [1.54, 1.807) is 12.1 Å². The molecule has 3 N–H and O–H groups in total. The summed E-state index contributed by atoms with van der Waals surface area (Å²) in [4.78, 5) is 23.8. The third-order valence-electron chi connectivity index (χ3n) is 4.20. The Balaban J connectivity index is 2.20. The Labute approximate surface area is 180 Å². The molecule has 0 spiro atoms. The molecule has 0 unspecified atom stereocenters. The van der Waals surface area contributed by atoms with Gasteiger partial charge in [0.1, 0.15) is 28.5 Å². The van der Waals surface area contributed by atoms with Gasteiger partial charge >= 0.3 is 12.1 Å². The van der Waals surface area contributed by atoms with Crippen molar-refractivity contribution in [1.82, 2.24) is 0 Å². The first-order chi connectivity index (χ1) is 14.4. The Morgan fingerprint density at radius 1 is 1.23 bits per heavy atom. The minimum atomic E-state index is -1.24. The van der Waals surface area contributed by atoms with E-state index in [1.165, 1.54) is 24.3 Å². The number of fused-ring (bicyclic) bond motifs is 1. The first kappa shape index (κ1) is 21.6. The van der Waals surface area contributed by atoms with Gasteiger partial charge in [-0.05, 0) is 43.7 Å². The molecule has 3 aromatic rings. The number of esters is 1. The van der Waals surface area contributed by atoms with Crippen LogP contribution in [0.4, 0.5) is 14.9 Å². The van der Waals surface area contributed by atoms with Crippen molar-refractivity contribution in [3.8, 4) is 17.1 Å². The minimum Gasteiger partial charge on any atom is -0.491 e. The second kappa shape index (κ2) is 9.62. The maximum Gasteiger partial charge on any atom is 0.412 e. The van der Waals surface area contributed by atoms with Crippen LogP contribution in [0.5, 0.6) is 5.75 Å². The van der Waals surface area contributed by atoms with E-state index >= 15 is 0 Å². The Kier molecular flexibility index (Phi) is 6.94. The zero-order valence-corrected chi connectivity index (χ0v) is 17.8. The summed E-state index contributed by atoms with van der Waals surface area (Å²) in [6.07, 6.45) is -0.454. The number of amides is 1. The fraction of sp³-hybridized carbons (Fsp3) is 0.238. The van der Waals surface area contributed by atoms with Crippen molar-refractivity contribution in [1.29, 1.82) is 0 Å². The van der Waals surface area contributed by atoms with Crippen molar-refractivity contribution in [2.24, 2.45) is 5.73 Å². The molecule has 0 bridgehead atoms. The predicted molar refractivity (Wildman–Crippen MR) is 115 cm³/mol. The summed E-state index contributed by atoms with van der Waals surface area (Å²) in [6.45, 7) is 3.04. The number of halogens is 2. The molecule has 0 fully saturated rings. The monoisotopic (exact) mass is 478 g/mol. The molecule has 0 atom stereocenters. The van der Waals surface area contributed by atoms with Crippen LogP contribution in [-0.2, 0) is 4.74 Å². The number of anilines is 1. The average Bonchev–Trinajstić information content (AvgIpc) is 3.07. The zero-order valence-electron chi connectivity index (χ0n) is 16.2. The molecule has 7 nitrogen and oxygen atoms in total. The van der Waals surface area contributed by atoms with E-state index in [0.29, 0.717) is 41.1 Å². The van der Waals surface area contributed by atoms with E-state index < -0.39 is 17.9 Å². The van der Waals surface area contributed by atoms with Crippen LogP contribution in [0, 0.1) is 5.82 Å². The highest BCUT2D eigenvalue weighted by Gasteiger charge is 2.26. The average molecular weight is 479 g/mol. The lowest BCUT2D eigenvalue weighted by atomic mass is 10.0. The molecule has 0 saturated heterocycles. The lowest BCUT2D eigenvalue weighted by molar-refractivity contribution is 0.0640. The van der Waals surface area contributed by atoms with Gasteiger partial charge in [-0.25, -0.2) is 14.0 Å². The summed E-state index contributed by atoms with van der Waals surface area (Å²) >= 11 is 3.36. The molecule has 0 radical (unpaired) electrons. The normalized spacial score (nSPS) is 10.8. The number of alkyl halides is 1. The van der Waals surface area contributed by atoms with Crippen LogP contribution in [0.2, 0.25) is 0 Å². The van der Waals surface area contributed by atoms with Crippen LogP contribution >= 0.6 is 15.9 Å². The summed E-state index contributed by atoms with van der Waals surface area (Å²) in [6, 6.07) is 8.76. The highest BCUT2D eigenvalue weighted by molar-refractivity contribution is 9.09. The number of carbonyl (C=O) groups is 2. The lowest BCUT2D eigenvalue weighted by Gasteiger charge is -2.12. The Morgan fingerprint density at radius 3 is 2.60 bits per heavy atom. The third kappa shape index (κ3) is 4.73. The van der Waals surface area contributed by atoms with Crippen molar-refractivity contribution in [3.63, 3.8) is 0 Å². The van der Waals surface area contributed by atoms with Gasteiger partial charge in [-0.3, -0.25) is 0 Å². The van der Waals surface area contributed by atoms with Crippen LogP contribution in [0.25, 0.3) is 22.3 Å². The number of hydrogen-bond acceptors (Lipinski definition) is 6. The molecule has 9 heteroatoms. The molecule has 158 valence electrons. The largest absolute Gasteiger partial charge is 0.491 e.